The van der Waals surface area contributed by atoms with Gasteiger partial charge in [-0.1, -0.05) is 57.2 Å². The number of fused-ring (bicyclic) bond motifs is 1. The maximum Gasteiger partial charge on any atom is 0.0448 e. The number of nitrogens with one attached hydrogen (secondary N) is 1. The molecular weight excluding hydrogens is 256 g/mol. The third-order valence-electron chi connectivity index (χ3n) is 4.09. The second-order valence-corrected chi connectivity index (χ2v) is 5.91. The monoisotopic (exact) mass is 284 g/mol. The molecule has 0 saturated heterocycles. The molecule has 2 rings (SSSR count). The maximum atomic E-state index is 3.59. The standard InChI is InChI=1S/C19H28N2/c1-5-17(14-20-15(3)4)21(6-2)19-13-9-11-16-10-7-8-12-18(16)19/h7-13,15,17,20H,5-6,14H2,1-4H3. The van der Waals surface area contributed by atoms with Crippen molar-refractivity contribution in [3.8, 4) is 0 Å². The molecule has 114 valence electrons. The quantitative estimate of drug-likeness (QED) is 0.808. The lowest BCUT2D eigenvalue weighted by Gasteiger charge is -2.34. The summed E-state index contributed by atoms with van der Waals surface area (Å²) in [7, 11) is 0. The SMILES string of the molecule is CCC(CNC(C)C)N(CC)c1cccc2ccccc12. The van der Waals surface area contributed by atoms with Crippen LogP contribution in [-0.4, -0.2) is 25.2 Å². The summed E-state index contributed by atoms with van der Waals surface area (Å²) in [6, 6.07) is 16.4. The lowest BCUT2D eigenvalue weighted by molar-refractivity contribution is 0.492. The molecule has 0 radical (unpaired) electrons. The molecule has 0 aliphatic heterocycles. The number of hydrogen-bond acceptors (Lipinski definition) is 2. The van der Waals surface area contributed by atoms with E-state index in [1.54, 1.807) is 0 Å². The second-order valence-electron chi connectivity index (χ2n) is 5.91. The van der Waals surface area contributed by atoms with Crippen LogP contribution in [0.15, 0.2) is 42.5 Å². The minimum Gasteiger partial charge on any atom is -0.367 e. The zero-order valence-electron chi connectivity index (χ0n) is 13.8. The summed E-state index contributed by atoms with van der Waals surface area (Å²) < 4.78 is 0. The number of nitrogens with zero attached hydrogens (tertiary/aromatic N) is 1. The van der Waals surface area contributed by atoms with Crippen LogP contribution in [0.3, 0.4) is 0 Å². The molecule has 0 heterocycles. The lowest BCUT2D eigenvalue weighted by Crippen LogP contribution is -2.44. The Kier molecular flexibility index (Phi) is 5.63. The molecule has 21 heavy (non-hydrogen) atoms. The topological polar surface area (TPSA) is 15.3 Å². The molecule has 1 N–H and O–H groups in total. The van der Waals surface area contributed by atoms with Gasteiger partial charge in [0, 0.05) is 36.2 Å². The van der Waals surface area contributed by atoms with E-state index in [1.165, 1.54) is 16.5 Å². The smallest absolute Gasteiger partial charge is 0.0448 e. The van der Waals surface area contributed by atoms with Gasteiger partial charge in [-0.3, -0.25) is 0 Å². The van der Waals surface area contributed by atoms with Crippen LogP contribution < -0.4 is 10.2 Å². The zero-order chi connectivity index (χ0) is 15.2. The summed E-state index contributed by atoms with van der Waals surface area (Å²) in [5.41, 5.74) is 1.35. The van der Waals surface area contributed by atoms with Crippen molar-refractivity contribution in [2.75, 3.05) is 18.0 Å². The Morgan fingerprint density at radius 1 is 1.00 bits per heavy atom. The van der Waals surface area contributed by atoms with Gasteiger partial charge in [-0.05, 0) is 24.8 Å². The first kappa shape index (κ1) is 15.8. The normalized spacial score (nSPS) is 12.8. The van der Waals surface area contributed by atoms with Crippen molar-refractivity contribution in [1.82, 2.24) is 5.32 Å². The van der Waals surface area contributed by atoms with Crippen LogP contribution in [-0.2, 0) is 0 Å². The lowest BCUT2D eigenvalue weighted by atomic mass is 10.1. The van der Waals surface area contributed by atoms with E-state index in [0.29, 0.717) is 12.1 Å². The molecule has 2 heteroatoms. The molecular formula is C19H28N2. The maximum absolute atomic E-state index is 3.59. The summed E-state index contributed by atoms with van der Waals surface area (Å²) in [6.07, 6.45) is 1.15. The predicted octanol–water partition coefficient (Wildman–Crippen LogP) is 4.44. The molecule has 2 aromatic carbocycles. The van der Waals surface area contributed by atoms with Crippen molar-refractivity contribution < 1.29 is 0 Å². The Balaban J connectivity index is 2.33. The molecule has 0 bridgehead atoms. The Labute approximate surface area is 129 Å². The first-order valence-corrected chi connectivity index (χ1v) is 8.15. The number of benzene rings is 2. The first-order valence-electron chi connectivity index (χ1n) is 8.15. The van der Waals surface area contributed by atoms with Crippen LogP contribution in [0.1, 0.15) is 34.1 Å². The van der Waals surface area contributed by atoms with Crippen molar-refractivity contribution in [3.05, 3.63) is 42.5 Å². The highest BCUT2D eigenvalue weighted by Gasteiger charge is 2.17. The van der Waals surface area contributed by atoms with E-state index >= 15 is 0 Å². The van der Waals surface area contributed by atoms with Crippen molar-refractivity contribution in [1.29, 1.82) is 0 Å². The molecule has 2 nitrogen and oxygen atoms in total. The average molecular weight is 284 g/mol. The summed E-state index contributed by atoms with van der Waals surface area (Å²) in [5, 5.41) is 6.26. The van der Waals surface area contributed by atoms with Crippen molar-refractivity contribution in [2.45, 2.75) is 46.2 Å². The van der Waals surface area contributed by atoms with Gasteiger partial charge in [0.1, 0.15) is 0 Å². The molecule has 1 atom stereocenters. The molecule has 2 aromatic rings. The molecule has 0 saturated carbocycles. The van der Waals surface area contributed by atoms with Gasteiger partial charge in [0.2, 0.25) is 0 Å². The summed E-state index contributed by atoms with van der Waals surface area (Å²) in [5.74, 6) is 0. The number of hydrogen-bond donors (Lipinski definition) is 1. The molecule has 0 spiro atoms. The Morgan fingerprint density at radius 3 is 2.38 bits per heavy atom. The van der Waals surface area contributed by atoms with Gasteiger partial charge in [-0.25, -0.2) is 0 Å². The molecule has 0 aliphatic carbocycles. The van der Waals surface area contributed by atoms with E-state index in [-0.39, 0.29) is 0 Å². The van der Waals surface area contributed by atoms with Crippen molar-refractivity contribution >= 4 is 16.5 Å². The fraction of sp³-hybridized carbons (Fsp3) is 0.474. The van der Waals surface area contributed by atoms with E-state index in [1.807, 2.05) is 0 Å². The number of rotatable bonds is 7. The number of anilines is 1. The highest BCUT2D eigenvalue weighted by molar-refractivity contribution is 5.94. The fourth-order valence-electron chi connectivity index (χ4n) is 2.93. The summed E-state index contributed by atoms with van der Waals surface area (Å²) in [4.78, 5) is 2.54. The van der Waals surface area contributed by atoms with E-state index in [0.717, 1.165) is 19.5 Å². The van der Waals surface area contributed by atoms with Gasteiger partial charge < -0.3 is 10.2 Å². The summed E-state index contributed by atoms with van der Waals surface area (Å²) in [6.45, 7) is 11.0. The van der Waals surface area contributed by atoms with Crippen LogP contribution in [0.5, 0.6) is 0 Å². The van der Waals surface area contributed by atoms with Gasteiger partial charge in [0.05, 0.1) is 0 Å². The Hall–Kier alpha value is -1.54. The van der Waals surface area contributed by atoms with Gasteiger partial charge in [0.25, 0.3) is 0 Å². The van der Waals surface area contributed by atoms with E-state index in [4.69, 9.17) is 0 Å². The molecule has 0 aliphatic rings. The fourth-order valence-corrected chi connectivity index (χ4v) is 2.93. The van der Waals surface area contributed by atoms with Crippen LogP contribution in [0, 0.1) is 0 Å². The van der Waals surface area contributed by atoms with E-state index in [2.05, 4.69) is 80.4 Å². The van der Waals surface area contributed by atoms with Gasteiger partial charge in [0.15, 0.2) is 0 Å². The van der Waals surface area contributed by atoms with Crippen LogP contribution in [0.25, 0.3) is 10.8 Å². The third-order valence-corrected chi connectivity index (χ3v) is 4.09. The van der Waals surface area contributed by atoms with E-state index in [9.17, 15) is 0 Å². The minimum absolute atomic E-state index is 0.531. The predicted molar refractivity (Wildman–Crippen MR) is 94.2 cm³/mol. The third kappa shape index (κ3) is 3.76. The van der Waals surface area contributed by atoms with E-state index < -0.39 is 0 Å². The van der Waals surface area contributed by atoms with Gasteiger partial charge in [-0.2, -0.15) is 0 Å². The van der Waals surface area contributed by atoms with Gasteiger partial charge in [-0.15, -0.1) is 0 Å². The zero-order valence-corrected chi connectivity index (χ0v) is 13.8. The van der Waals surface area contributed by atoms with Crippen LogP contribution in [0.4, 0.5) is 5.69 Å². The highest BCUT2D eigenvalue weighted by atomic mass is 15.2. The first-order chi connectivity index (χ1) is 10.2. The van der Waals surface area contributed by atoms with Crippen molar-refractivity contribution in [2.24, 2.45) is 0 Å². The average Bonchev–Trinajstić information content (AvgIpc) is 2.51. The molecule has 0 fully saturated rings. The second kappa shape index (κ2) is 7.46. The van der Waals surface area contributed by atoms with Gasteiger partial charge >= 0.3 is 0 Å². The number of likely N-dealkylation sites (N-methyl/N-ethyl adjacent to an activating group) is 1. The largest absolute Gasteiger partial charge is 0.367 e. The Bertz CT molecular complexity index is 557. The van der Waals surface area contributed by atoms with Crippen LogP contribution in [0.2, 0.25) is 0 Å². The molecule has 1 unspecified atom stereocenters. The Morgan fingerprint density at radius 2 is 1.71 bits per heavy atom. The molecule has 0 aromatic heterocycles. The van der Waals surface area contributed by atoms with Crippen LogP contribution >= 0.6 is 0 Å². The van der Waals surface area contributed by atoms with Crippen molar-refractivity contribution in [3.63, 3.8) is 0 Å². The minimum atomic E-state index is 0.531. The molecule has 0 amide bonds. The summed E-state index contributed by atoms with van der Waals surface area (Å²) >= 11 is 0. The highest BCUT2D eigenvalue weighted by Crippen LogP contribution is 2.28.